The van der Waals surface area contributed by atoms with Gasteiger partial charge in [0.2, 0.25) is 10.0 Å². The van der Waals surface area contributed by atoms with E-state index >= 15 is 0 Å². The maximum absolute atomic E-state index is 12.6. The van der Waals surface area contributed by atoms with Crippen LogP contribution in [0, 0.1) is 12.8 Å². The number of sulfonamides is 1. The second kappa shape index (κ2) is 8.70. The van der Waals surface area contributed by atoms with Crippen LogP contribution in [-0.2, 0) is 31.4 Å². The highest BCUT2D eigenvalue weighted by atomic mass is 32.2. The van der Waals surface area contributed by atoms with Crippen molar-refractivity contribution in [3.05, 3.63) is 36.3 Å². The minimum atomic E-state index is -3.63. The van der Waals surface area contributed by atoms with Gasteiger partial charge < -0.3 is 10.1 Å². The molecule has 1 aliphatic heterocycles. The highest BCUT2D eigenvalue weighted by molar-refractivity contribution is 7.89. The van der Waals surface area contributed by atoms with Crippen LogP contribution in [0.3, 0.4) is 0 Å². The zero-order valence-electron chi connectivity index (χ0n) is 16.2. The first-order valence-corrected chi connectivity index (χ1v) is 10.6. The van der Waals surface area contributed by atoms with Crippen LogP contribution in [0.4, 0.5) is 5.82 Å². The van der Waals surface area contributed by atoms with E-state index in [9.17, 15) is 18.0 Å². The number of pyridine rings is 1. The summed E-state index contributed by atoms with van der Waals surface area (Å²) < 4.78 is 33.2. The summed E-state index contributed by atoms with van der Waals surface area (Å²) in [5.74, 6) is -0.891. The number of anilines is 1. The Morgan fingerprint density at radius 2 is 2.03 bits per heavy atom. The van der Waals surface area contributed by atoms with Gasteiger partial charge in [-0.2, -0.15) is 9.40 Å². The zero-order chi connectivity index (χ0) is 21.0. The van der Waals surface area contributed by atoms with Crippen LogP contribution in [0.1, 0.15) is 18.5 Å². The molecule has 10 nitrogen and oxygen atoms in total. The highest BCUT2D eigenvalue weighted by Crippen LogP contribution is 2.24. The smallest absolute Gasteiger partial charge is 0.309 e. The second-order valence-electron chi connectivity index (χ2n) is 6.82. The normalized spacial score (nSPS) is 15.8. The fourth-order valence-electron chi connectivity index (χ4n) is 3.14. The van der Waals surface area contributed by atoms with Gasteiger partial charge in [-0.25, -0.2) is 8.42 Å². The Kier molecular flexibility index (Phi) is 6.28. The van der Waals surface area contributed by atoms with Crippen LogP contribution in [0.15, 0.2) is 35.5 Å². The van der Waals surface area contributed by atoms with Crippen LogP contribution < -0.4 is 5.32 Å². The number of hydrogen-bond acceptors (Lipinski definition) is 7. The Balaban J connectivity index is 1.47. The molecule has 11 heteroatoms. The quantitative estimate of drug-likeness (QED) is 0.681. The molecule has 1 amide bonds. The molecule has 2 aromatic heterocycles. The third-order valence-corrected chi connectivity index (χ3v) is 6.56. The number of aromatic nitrogens is 3. The number of esters is 1. The lowest BCUT2D eigenvalue weighted by Crippen LogP contribution is -2.41. The van der Waals surface area contributed by atoms with Gasteiger partial charge in [0.15, 0.2) is 6.61 Å². The van der Waals surface area contributed by atoms with Gasteiger partial charge in [-0.3, -0.25) is 19.3 Å². The Bertz CT molecular complexity index is 981. The maximum Gasteiger partial charge on any atom is 0.309 e. The Labute approximate surface area is 168 Å². The van der Waals surface area contributed by atoms with Gasteiger partial charge in [0.1, 0.15) is 10.7 Å². The van der Waals surface area contributed by atoms with Crippen molar-refractivity contribution in [2.24, 2.45) is 13.0 Å². The number of ether oxygens (including phenoxy) is 1. The first-order chi connectivity index (χ1) is 13.8. The number of rotatable bonds is 6. The van der Waals surface area contributed by atoms with E-state index in [-0.39, 0.29) is 18.0 Å². The summed E-state index contributed by atoms with van der Waals surface area (Å²) in [4.78, 5) is 28.2. The third-order valence-electron chi connectivity index (χ3n) is 4.67. The summed E-state index contributed by atoms with van der Waals surface area (Å²) in [6.07, 6.45) is 3.48. The molecule has 0 aromatic carbocycles. The molecule has 0 unspecified atom stereocenters. The number of piperidine rings is 1. The lowest BCUT2D eigenvalue weighted by Gasteiger charge is -2.29. The number of carbonyl (C=O) groups excluding carboxylic acids is 2. The van der Waals surface area contributed by atoms with Crippen molar-refractivity contribution >= 4 is 27.7 Å². The van der Waals surface area contributed by atoms with E-state index in [4.69, 9.17) is 4.74 Å². The van der Waals surface area contributed by atoms with Crippen LogP contribution >= 0.6 is 0 Å². The van der Waals surface area contributed by atoms with E-state index in [1.807, 2.05) is 0 Å². The van der Waals surface area contributed by atoms with Gasteiger partial charge in [0, 0.05) is 38.6 Å². The molecular weight excluding hydrogens is 398 g/mol. The van der Waals surface area contributed by atoms with Gasteiger partial charge in [-0.15, -0.1) is 0 Å². The molecule has 0 atom stereocenters. The molecular formula is C18H23N5O5S. The van der Waals surface area contributed by atoms with E-state index in [1.54, 1.807) is 26.1 Å². The number of amides is 1. The van der Waals surface area contributed by atoms with Crippen molar-refractivity contribution in [1.82, 2.24) is 19.1 Å². The van der Waals surface area contributed by atoms with E-state index in [0.717, 1.165) is 5.69 Å². The molecule has 0 radical (unpaired) electrons. The van der Waals surface area contributed by atoms with Crippen molar-refractivity contribution in [3.63, 3.8) is 0 Å². The van der Waals surface area contributed by atoms with E-state index in [2.05, 4.69) is 15.4 Å². The lowest BCUT2D eigenvalue weighted by molar-refractivity contribution is -0.152. The minimum Gasteiger partial charge on any atom is -0.455 e. The minimum absolute atomic E-state index is 0.128. The van der Waals surface area contributed by atoms with Crippen molar-refractivity contribution in [2.75, 3.05) is 25.0 Å². The SMILES string of the molecule is Cc1cc(NC(=O)COC(=O)C2CCN(S(=O)(=O)c3cccnc3)CC2)n(C)n1. The van der Waals surface area contributed by atoms with Gasteiger partial charge in [0.25, 0.3) is 5.91 Å². The molecule has 3 heterocycles. The standard InChI is InChI=1S/C18H23N5O5S/c1-13-10-16(22(2)21-13)20-17(24)12-28-18(25)14-5-8-23(9-6-14)29(26,27)15-4-3-7-19-11-15/h3-4,7,10-11,14H,5-6,8-9,12H2,1-2H3,(H,20,24). The Morgan fingerprint density at radius 1 is 1.31 bits per heavy atom. The van der Waals surface area contributed by atoms with Crippen molar-refractivity contribution in [2.45, 2.75) is 24.7 Å². The van der Waals surface area contributed by atoms with Crippen molar-refractivity contribution in [1.29, 1.82) is 0 Å². The molecule has 1 N–H and O–H groups in total. The zero-order valence-corrected chi connectivity index (χ0v) is 17.1. The number of nitrogens with zero attached hydrogens (tertiary/aromatic N) is 4. The molecule has 1 fully saturated rings. The summed E-state index contributed by atoms with van der Waals surface area (Å²) in [5, 5.41) is 6.74. The van der Waals surface area contributed by atoms with Crippen molar-refractivity contribution in [3.8, 4) is 0 Å². The van der Waals surface area contributed by atoms with E-state index < -0.39 is 34.4 Å². The fraction of sp³-hybridized carbons (Fsp3) is 0.444. The average molecular weight is 421 g/mol. The van der Waals surface area contributed by atoms with Gasteiger partial charge in [0.05, 0.1) is 11.6 Å². The van der Waals surface area contributed by atoms with Crippen LogP contribution in [0.2, 0.25) is 0 Å². The first-order valence-electron chi connectivity index (χ1n) is 9.14. The molecule has 29 heavy (non-hydrogen) atoms. The molecule has 0 bridgehead atoms. The van der Waals surface area contributed by atoms with Gasteiger partial charge in [-0.05, 0) is 31.9 Å². The predicted octanol–water partition coefficient (Wildman–Crippen LogP) is 0.706. The van der Waals surface area contributed by atoms with Crippen LogP contribution in [0.5, 0.6) is 0 Å². The molecule has 0 spiro atoms. The topological polar surface area (TPSA) is 123 Å². The fourth-order valence-corrected chi connectivity index (χ4v) is 4.58. The monoisotopic (exact) mass is 421 g/mol. The first kappa shape index (κ1) is 20.9. The summed E-state index contributed by atoms with van der Waals surface area (Å²) in [6, 6.07) is 4.76. The largest absolute Gasteiger partial charge is 0.455 e. The molecule has 3 rings (SSSR count). The van der Waals surface area contributed by atoms with Crippen LogP contribution in [0.25, 0.3) is 0 Å². The Morgan fingerprint density at radius 3 is 2.62 bits per heavy atom. The average Bonchev–Trinajstić information content (AvgIpc) is 3.03. The summed E-state index contributed by atoms with van der Waals surface area (Å²) >= 11 is 0. The highest BCUT2D eigenvalue weighted by Gasteiger charge is 2.33. The molecule has 0 saturated carbocycles. The number of nitrogens with one attached hydrogen (secondary N) is 1. The Hall–Kier alpha value is -2.79. The predicted molar refractivity (Wildman–Crippen MR) is 103 cm³/mol. The maximum atomic E-state index is 12.6. The summed E-state index contributed by atoms with van der Waals surface area (Å²) in [7, 11) is -1.93. The van der Waals surface area contributed by atoms with Gasteiger partial charge >= 0.3 is 5.97 Å². The van der Waals surface area contributed by atoms with Crippen LogP contribution in [-0.4, -0.2) is 59.1 Å². The molecule has 156 valence electrons. The summed E-state index contributed by atoms with van der Waals surface area (Å²) in [5.41, 5.74) is 0.757. The third kappa shape index (κ3) is 4.98. The molecule has 1 aliphatic rings. The number of hydrogen-bond donors (Lipinski definition) is 1. The lowest BCUT2D eigenvalue weighted by atomic mass is 9.98. The summed E-state index contributed by atoms with van der Waals surface area (Å²) in [6.45, 7) is 1.81. The van der Waals surface area contributed by atoms with Gasteiger partial charge in [-0.1, -0.05) is 0 Å². The number of aryl methyl sites for hydroxylation is 2. The molecule has 2 aromatic rings. The molecule has 0 aliphatic carbocycles. The molecule has 1 saturated heterocycles. The van der Waals surface area contributed by atoms with E-state index in [0.29, 0.717) is 18.7 Å². The number of carbonyl (C=O) groups is 2. The van der Waals surface area contributed by atoms with E-state index in [1.165, 1.54) is 27.4 Å². The second-order valence-corrected chi connectivity index (χ2v) is 8.76. The van der Waals surface area contributed by atoms with Crippen molar-refractivity contribution < 1.29 is 22.7 Å².